The van der Waals surface area contributed by atoms with E-state index in [0.29, 0.717) is 0 Å². The lowest BCUT2D eigenvalue weighted by Gasteiger charge is -2.21. The summed E-state index contributed by atoms with van der Waals surface area (Å²) in [6.45, 7) is 4.80. The summed E-state index contributed by atoms with van der Waals surface area (Å²) in [5.74, 6) is 0. The molecule has 0 atom stereocenters. The third-order valence-electron chi connectivity index (χ3n) is 9.95. The molecule has 9 aromatic rings. The zero-order chi connectivity index (χ0) is 27.2. The second kappa shape index (κ2) is 7.00. The van der Waals surface area contributed by atoms with Crippen LogP contribution >= 0.6 is 0 Å². The number of fused-ring (bicyclic) bond motifs is 10. The summed E-state index contributed by atoms with van der Waals surface area (Å²) in [6.07, 6.45) is 0. The van der Waals surface area contributed by atoms with Crippen molar-refractivity contribution in [2.24, 2.45) is 7.05 Å². The van der Waals surface area contributed by atoms with Crippen molar-refractivity contribution in [3.8, 4) is 16.9 Å². The van der Waals surface area contributed by atoms with E-state index >= 15 is 0 Å². The van der Waals surface area contributed by atoms with Crippen LogP contribution in [-0.2, 0) is 12.5 Å². The van der Waals surface area contributed by atoms with Gasteiger partial charge in [-0.05, 0) is 46.8 Å². The molecule has 0 bridgehead atoms. The third kappa shape index (κ3) is 2.32. The minimum atomic E-state index is -0.112. The van der Waals surface area contributed by atoms with E-state index in [1.165, 1.54) is 88.1 Å². The molecule has 194 valence electrons. The van der Waals surface area contributed by atoms with Gasteiger partial charge in [0.15, 0.2) is 0 Å². The Bertz CT molecular complexity index is 2550. The van der Waals surface area contributed by atoms with Crippen LogP contribution in [0.1, 0.15) is 25.0 Å². The molecule has 4 aromatic heterocycles. The van der Waals surface area contributed by atoms with Crippen LogP contribution in [0.4, 0.5) is 0 Å². The fourth-order valence-electron chi connectivity index (χ4n) is 8.32. The van der Waals surface area contributed by atoms with Crippen LogP contribution in [0, 0.1) is 0 Å². The van der Waals surface area contributed by atoms with Gasteiger partial charge in [0.05, 0.1) is 22.2 Å². The summed E-state index contributed by atoms with van der Waals surface area (Å²) in [7, 11) is 2.22. The average Bonchev–Trinajstić information content (AvgIpc) is 3.66. The van der Waals surface area contributed by atoms with E-state index in [9.17, 15) is 0 Å². The van der Waals surface area contributed by atoms with Gasteiger partial charge in [0.1, 0.15) is 5.65 Å². The minimum absolute atomic E-state index is 0.112. The van der Waals surface area contributed by atoms with Crippen molar-refractivity contribution in [1.29, 1.82) is 0 Å². The second-order valence-corrected chi connectivity index (χ2v) is 12.2. The molecule has 41 heavy (non-hydrogen) atoms. The Morgan fingerprint density at radius 2 is 1.27 bits per heavy atom. The standard InChI is InChI=1S/C38H27N3/c1-38(2)27-17-9-7-14-23(27)36-34(38)26-20-21-30-33-32-25(16-11-19-29(32)39(30)3)31-24-15-8-10-18-28(24)40(22-12-5-4-6-13-22)37(31)41(36)35(26)33/h4-21H,1-3H3. The van der Waals surface area contributed by atoms with Crippen molar-refractivity contribution in [1.82, 2.24) is 13.5 Å². The van der Waals surface area contributed by atoms with Crippen molar-refractivity contribution in [3.05, 3.63) is 120 Å². The van der Waals surface area contributed by atoms with Gasteiger partial charge < -0.3 is 4.57 Å². The van der Waals surface area contributed by atoms with Crippen molar-refractivity contribution in [2.45, 2.75) is 19.3 Å². The Morgan fingerprint density at radius 1 is 0.561 bits per heavy atom. The number of rotatable bonds is 1. The Balaban J connectivity index is 1.66. The van der Waals surface area contributed by atoms with Gasteiger partial charge in [-0.3, -0.25) is 8.97 Å². The second-order valence-electron chi connectivity index (χ2n) is 12.2. The number of benzene rings is 5. The van der Waals surface area contributed by atoms with Crippen LogP contribution < -0.4 is 0 Å². The lowest BCUT2D eigenvalue weighted by molar-refractivity contribution is 0.666. The molecule has 0 spiro atoms. The van der Waals surface area contributed by atoms with Crippen molar-refractivity contribution in [2.75, 3.05) is 0 Å². The predicted molar refractivity (Wildman–Crippen MR) is 172 cm³/mol. The van der Waals surface area contributed by atoms with Crippen LogP contribution in [0.5, 0.6) is 0 Å². The van der Waals surface area contributed by atoms with E-state index in [1.807, 2.05) is 0 Å². The number of aryl methyl sites for hydroxylation is 1. The summed E-state index contributed by atoms with van der Waals surface area (Å²) >= 11 is 0. The molecule has 0 N–H and O–H groups in total. The quantitative estimate of drug-likeness (QED) is 0.203. The highest BCUT2D eigenvalue weighted by Gasteiger charge is 2.41. The topological polar surface area (TPSA) is 14.3 Å². The first-order valence-corrected chi connectivity index (χ1v) is 14.5. The van der Waals surface area contributed by atoms with Gasteiger partial charge in [0.25, 0.3) is 0 Å². The molecule has 4 heterocycles. The molecule has 1 aliphatic carbocycles. The van der Waals surface area contributed by atoms with Gasteiger partial charge in [-0.2, -0.15) is 0 Å². The largest absolute Gasteiger partial charge is 0.344 e. The molecule has 0 radical (unpaired) electrons. The van der Waals surface area contributed by atoms with Gasteiger partial charge in [-0.25, -0.2) is 0 Å². The van der Waals surface area contributed by atoms with E-state index in [-0.39, 0.29) is 5.41 Å². The molecule has 0 amide bonds. The molecule has 10 rings (SSSR count). The van der Waals surface area contributed by atoms with Crippen molar-refractivity contribution in [3.63, 3.8) is 0 Å². The molecule has 0 saturated carbocycles. The zero-order valence-electron chi connectivity index (χ0n) is 23.2. The lowest BCUT2D eigenvalue weighted by Crippen LogP contribution is -2.14. The summed E-state index contributed by atoms with van der Waals surface area (Å²) in [6, 6.07) is 40.5. The molecular weight excluding hydrogens is 498 g/mol. The van der Waals surface area contributed by atoms with Gasteiger partial charge >= 0.3 is 0 Å². The first-order chi connectivity index (χ1) is 20.1. The SMILES string of the molecule is Cn1c2cccc3c2c2c1ccc1c4c(n(c12)c1c3c2ccccc2n1-c1ccccc1)-c1ccccc1C4(C)C. The Labute approximate surface area is 236 Å². The lowest BCUT2D eigenvalue weighted by atomic mass is 9.81. The number of para-hydroxylation sites is 2. The summed E-state index contributed by atoms with van der Waals surface area (Å²) in [5.41, 5.74) is 12.9. The van der Waals surface area contributed by atoms with Gasteiger partial charge in [-0.1, -0.05) is 92.7 Å². The van der Waals surface area contributed by atoms with Crippen LogP contribution in [0.25, 0.3) is 77.0 Å². The Morgan fingerprint density at radius 3 is 2.15 bits per heavy atom. The average molecular weight is 526 g/mol. The summed E-state index contributed by atoms with van der Waals surface area (Å²) in [4.78, 5) is 0. The van der Waals surface area contributed by atoms with Crippen LogP contribution in [-0.4, -0.2) is 13.5 Å². The van der Waals surface area contributed by atoms with E-state index in [2.05, 4.69) is 144 Å². The normalized spacial score (nSPS) is 14.4. The van der Waals surface area contributed by atoms with Gasteiger partial charge in [0, 0.05) is 56.2 Å². The maximum atomic E-state index is 2.64. The van der Waals surface area contributed by atoms with Crippen LogP contribution in [0.2, 0.25) is 0 Å². The number of hydrogen-bond donors (Lipinski definition) is 0. The maximum absolute atomic E-state index is 2.64. The summed E-state index contributed by atoms with van der Waals surface area (Å²) in [5, 5.41) is 7.97. The first kappa shape index (κ1) is 21.8. The van der Waals surface area contributed by atoms with E-state index in [1.54, 1.807) is 0 Å². The molecule has 0 aliphatic heterocycles. The summed E-state index contributed by atoms with van der Waals surface area (Å²) < 4.78 is 7.53. The Hall–Kier alpha value is -5.02. The highest BCUT2D eigenvalue weighted by atomic mass is 15.1. The Kier molecular flexibility index (Phi) is 3.71. The van der Waals surface area contributed by atoms with Crippen molar-refractivity contribution < 1.29 is 0 Å². The monoisotopic (exact) mass is 525 g/mol. The third-order valence-corrected chi connectivity index (χ3v) is 9.95. The molecule has 0 saturated heterocycles. The molecule has 0 unspecified atom stereocenters. The number of nitrogens with zero attached hydrogens (tertiary/aromatic N) is 3. The van der Waals surface area contributed by atoms with E-state index in [4.69, 9.17) is 0 Å². The van der Waals surface area contributed by atoms with Gasteiger partial charge in [0.2, 0.25) is 0 Å². The van der Waals surface area contributed by atoms with Crippen LogP contribution in [0.3, 0.4) is 0 Å². The fraction of sp³-hybridized carbons (Fsp3) is 0.105. The fourth-order valence-corrected chi connectivity index (χ4v) is 8.32. The molecule has 1 aliphatic rings. The van der Waals surface area contributed by atoms with Gasteiger partial charge in [-0.15, -0.1) is 0 Å². The van der Waals surface area contributed by atoms with Crippen molar-refractivity contribution >= 4 is 60.0 Å². The first-order valence-electron chi connectivity index (χ1n) is 14.5. The highest BCUT2D eigenvalue weighted by molar-refractivity contribution is 6.34. The number of hydrogen-bond acceptors (Lipinski definition) is 0. The van der Waals surface area contributed by atoms with E-state index in [0.717, 1.165) is 0 Å². The van der Waals surface area contributed by atoms with E-state index < -0.39 is 0 Å². The number of aromatic nitrogens is 3. The zero-order valence-corrected chi connectivity index (χ0v) is 23.2. The van der Waals surface area contributed by atoms with Crippen LogP contribution in [0.15, 0.2) is 109 Å². The molecule has 3 nitrogen and oxygen atoms in total. The molecule has 0 fully saturated rings. The predicted octanol–water partition coefficient (Wildman–Crippen LogP) is 9.58. The minimum Gasteiger partial charge on any atom is -0.344 e. The molecule has 3 heteroatoms. The maximum Gasteiger partial charge on any atom is 0.131 e. The molecular formula is C38H27N3. The molecule has 5 aromatic carbocycles. The smallest absolute Gasteiger partial charge is 0.131 e. The highest BCUT2D eigenvalue weighted by Crippen LogP contribution is 2.56.